The first-order chi connectivity index (χ1) is 12.5. The van der Waals surface area contributed by atoms with E-state index in [1.54, 1.807) is 14.0 Å². The summed E-state index contributed by atoms with van der Waals surface area (Å²) >= 11 is 0. The van der Waals surface area contributed by atoms with Crippen molar-refractivity contribution in [3.05, 3.63) is 24.3 Å². The van der Waals surface area contributed by atoms with Crippen molar-refractivity contribution in [3.8, 4) is 5.75 Å². The average molecular weight is 363 g/mol. The normalized spacial score (nSPS) is 18.3. The summed E-state index contributed by atoms with van der Waals surface area (Å²) < 4.78 is 11.1. The highest BCUT2D eigenvalue weighted by Gasteiger charge is 2.30. The summed E-state index contributed by atoms with van der Waals surface area (Å²) in [4.78, 5) is 14.8. The van der Waals surface area contributed by atoms with Gasteiger partial charge in [-0.3, -0.25) is 4.79 Å². The first-order valence-electron chi connectivity index (χ1n) is 9.78. The number of carbonyl (C=O) groups excluding carboxylic acids is 1. The Bertz CT molecular complexity index is 547. The maximum atomic E-state index is 12.3. The van der Waals surface area contributed by atoms with Gasteiger partial charge in [0.25, 0.3) is 5.91 Å². The SMILES string of the molecule is CC[C@](C)(OC)C(=O)Nc1ccc(OCCCN2CCC(C)CC2)cc1. The fourth-order valence-corrected chi connectivity index (χ4v) is 3.06. The van der Waals surface area contributed by atoms with Gasteiger partial charge < -0.3 is 19.7 Å². The molecule has 146 valence electrons. The minimum Gasteiger partial charge on any atom is -0.494 e. The molecule has 5 heteroatoms. The van der Waals surface area contributed by atoms with Crippen molar-refractivity contribution >= 4 is 11.6 Å². The molecule has 5 nitrogen and oxygen atoms in total. The third-order valence-corrected chi connectivity index (χ3v) is 5.48. The largest absolute Gasteiger partial charge is 0.494 e. The van der Waals surface area contributed by atoms with E-state index >= 15 is 0 Å². The lowest BCUT2D eigenvalue weighted by molar-refractivity contribution is -0.136. The van der Waals surface area contributed by atoms with Gasteiger partial charge in [-0.25, -0.2) is 0 Å². The quantitative estimate of drug-likeness (QED) is 0.676. The molecule has 1 aliphatic rings. The van der Waals surface area contributed by atoms with E-state index in [9.17, 15) is 4.79 Å². The molecule has 1 N–H and O–H groups in total. The molecular weight excluding hydrogens is 328 g/mol. The van der Waals surface area contributed by atoms with Gasteiger partial charge in [0.05, 0.1) is 6.61 Å². The minimum atomic E-state index is -0.804. The smallest absolute Gasteiger partial charge is 0.256 e. The van der Waals surface area contributed by atoms with Gasteiger partial charge in [0.1, 0.15) is 11.4 Å². The van der Waals surface area contributed by atoms with E-state index in [1.807, 2.05) is 31.2 Å². The van der Waals surface area contributed by atoms with Gasteiger partial charge in [0, 0.05) is 19.3 Å². The molecular formula is C21H34N2O3. The lowest BCUT2D eigenvalue weighted by Crippen LogP contribution is -2.41. The standard InChI is InChI=1S/C21H34N2O3/c1-5-21(3,25-4)20(24)22-18-7-9-19(10-8-18)26-16-6-13-23-14-11-17(2)12-15-23/h7-10,17H,5-6,11-16H2,1-4H3,(H,22,24)/t21-/m0/s1. The molecule has 1 aromatic carbocycles. The summed E-state index contributed by atoms with van der Waals surface area (Å²) in [5.41, 5.74) is -0.0528. The summed E-state index contributed by atoms with van der Waals surface area (Å²) in [6.07, 6.45) is 4.28. The van der Waals surface area contributed by atoms with E-state index in [-0.39, 0.29) is 5.91 Å². The van der Waals surface area contributed by atoms with Gasteiger partial charge in [-0.1, -0.05) is 13.8 Å². The number of piperidine rings is 1. The lowest BCUT2D eigenvalue weighted by atomic mass is 9.99. The number of nitrogens with zero attached hydrogens (tertiary/aromatic N) is 1. The van der Waals surface area contributed by atoms with E-state index in [0.717, 1.165) is 36.9 Å². The molecule has 0 spiro atoms. The van der Waals surface area contributed by atoms with Crippen molar-refractivity contribution in [2.45, 2.75) is 52.1 Å². The fourth-order valence-electron chi connectivity index (χ4n) is 3.06. The second-order valence-corrected chi connectivity index (χ2v) is 7.49. The van der Waals surface area contributed by atoms with Crippen LogP contribution in [-0.2, 0) is 9.53 Å². The number of anilines is 1. The number of benzene rings is 1. The van der Waals surface area contributed by atoms with E-state index in [4.69, 9.17) is 9.47 Å². The summed E-state index contributed by atoms with van der Waals surface area (Å²) in [6, 6.07) is 7.53. The molecule has 1 aromatic rings. The predicted molar refractivity (Wildman–Crippen MR) is 106 cm³/mol. The number of methoxy groups -OCH3 is 1. The Kier molecular flexibility index (Phi) is 7.91. The van der Waals surface area contributed by atoms with Crippen LogP contribution in [0.15, 0.2) is 24.3 Å². The molecule has 0 bridgehead atoms. The number of amides is 1. The van der Waals surface area contributed by atoms with Crippen LogP contribution in [0, 0.1) is 5.92 Å². The third-order valence-electron chi connectivity index (χ3n) is 5.48. The number of nitrogens with one attached hydrogen (secondary N) is 1. The van der Waals surface area contributed by atoms with Crippen molar-refractivity contribution < 1.29 is 14.3 Å². The Hall–Kier alpha value is -1.59. The van der Waals surface area contributed by atoms with Crippen molar-refractivity contribution in [1.82, 2.24) is 4.90 Å². The zero-order chi connectivity index (χ0) is 19.0. The van der Waals surface area contributed by atoms with E-state index < -0.39 is 5.60 Å². The number of rotatable bonds is 9. The van der Waals surface area contributed by atoms with Crippen LogP contribution in [0.1, 0.15) is 46.5 Å². The van der Waals surface area contributed by atoms with Crippen LogP contribution in [0.25, 0.3) is 0 Å². The van der Waals surface area contributed by atoms with Gasteiger partial charge in [-0.2, -0.15) is 0 Å². The van der Waals surface area contributed by atoms with Crippen LogP contribution < -0.4 is 10.1 Å². The molecule has 0 aliphatic carbocycles. The monoisotopic (exact) mass is 362 g/mol. The highest BCUT2D eigenvalue weighted by atomic mass is 16.5. The minimum absolute atomic E-state index is 0.132. The highest BCUT2D eigenvalue weighted by Crippen LogP contribution is 2.20. The molecule has 1 heterocycles. The maximum Gasteiger partial charge on any atom is 0.256 e. The van der Waals surface area contributed by atoms with Crippen molar-refractivity contribution in [2.24, 2.45) is 5.92 Å². The van der Waals surface area contributed by atoms with Gasteiger partial charge >= 0.3 is 0 Å². The molecule has 1 atom stereocenters. The van der Waals surface area contributed by atoms with Gasteiger partial charge in [-0.15, -0.1) is 0 Å². The molecule has 0 aromatic heterocycles. The second-order valence-electron chi connectivity index (χ2n) is 7.49. The maximum absolute atomic E-state index is 12.3. The van der Waals surface area contributed by atoms with Crippen molar-refractivity contribution in [3.63, 3.8) is 0 Å². The predicted octanol–water partition coefficient (Wildman–Crippen LogP) is 3.94. The molecule has 1 amide bonds. The molecule has 1 saturated heterocycles. The highest BCUT2D eigenvalue weighted by molar-refractivity contribution is 5.97. The number of likely N-dealkylation sites (tertiary alicyclic amines) is 1. The second kappa shape index (κ2) is 9.93. The number of carbonyl (C=O) groups is 1. The van der Waals surface area contributed by atoms with Crippen LogP contribution in [-0.4, -0.2) is 49.8 Å². The Labute approximate surface area is 158 Å². The third kappa shape index (κ3) is 5.99. The van der Waals surface area contributed by atoms with E-state index in [0.29, 0.717) is 6.42 Å². The van der Waals surface area contributed by atoms with E-state index in [1.165, 1.54) is 25.9 Å². The summed E-state index contributed by atoms with van der Waals surface area (Å²) in [7, 11) is 1.56. The van der Waals surface area contributed by atoms with Crippen LogP contribution in [0.2, 0.25) is 0 Å². The molecule has 2 rings (SSSR count). The Morgan fingerprint density at radius 2 is 1.92 bits per heavy atom. The number of ether oxygens (including phenoxy) is 2. The molecule has 0 unspecified atom stereocenters. The molecule has 0 saturated carbocycles. The van der Waals surface area contributed by atoms with Crippen LogP contribution in [0.3, 0.4) is 0 Å². The lowest BCUT2D eigenvalue weighted by Gasteiger charge is -2.30. The van der Waals surface area contributed by atoms with Crippen LogP contribution in [0.5, 0.6) is 5.75 Å². The molecule has 26 heavy (non-hydrogen) atoms. The Morgan fingerprint density at radius 3 is 2.50 bits per heavy atom. The van der Waals surface area contributed by atoms with Crippen LogP contribution in [0.4, 0.5) is 5.69 Å². The molecule has 1 aliphatic heterocycles. The van der Waals surface area contributed by atoms with Gasteiger partial charge in [0.2, 0.25) is 0 Å². The number of hydrogen-bond donors (Lipinski definition) is 1. The average Bonchev–Trinajstić information content (AvgIpc) is 2.67. The topological polar surface area (TPSA) is 50.8 Å². The molecule has 0 radical (unpaired) electrons. The van der Waals surface area contributed by atoms with Crippen LogP contribution >= 0.6 is 0 Å². The Morgan fingerprint density at radius 1 is 1.27 bits per heavy atom. The number of hydrogen-bond acceptors (Lipinski definition) is 4. The van der Waals surface area contributed by atoms with Crippen molar-refractivity contribution in [1.29, 1.82) is 0 Å². The first-order valence-corrected chi connectivity index (χ1v) is 9.78. The summed E-state index contributed by atoms with van der Waals surface area (Å²) in [5, 5.41) is 2.90. The fraction of sp³-hybridized carbons (Fsp3) is 0.667. The van der Waals surface area contributed by atoms with Gasteiger partial charge in [0.15, 0.2) is 0 Å². The first kappa shape index (κ1) is 20.7. The Balaban J connectivity index is 1.71. The summed E-state index contributed by atoms with van der Waals surface area (Å²) in [6.45, 7) is 10.3. The van der Waals surface area contributed by atoms with Crippen molar-refractivity contribution in [2.75, 3.05) is 38.7 Å². The van der Waals surface area contributed by atoms with Gasteiger partial charge in [-0.05, 0) is 75.9 Å². The zero-order valence-electron chi connectivity index (χ0n) is 16.7. The summed E-state index contributed by atoms with van der Waals surface area (Å²) in [5.74, 6) is 1.58. The molecule has 1 fully saturated rings. The zero-order valence-corrected chi connectivity index (χ0v) is 16.7. The van der Waals surface area contributed by atoms with E-state index in [2.05, 4.69) is 17.1 Å².